The van der Waals surface area contributed by atoms with Crippen molar-refractivity contribution in [2.75, 3.05) is 27.2 Å². The summed E-state index contributed by atoms with van der Waals surface area (Å²) in [5.41, 5.74) is 0.375. The molecule has 1 heterocycles. The standard InChI is InChI=1S/C14H22N2O4/c1-10(2)14(19)20-11-5-7-16(8-6-11)13(18)9-12(17)15(3)4/h11H,1,5-9H2,2-4H3. The average molecular weight is 282 g/mol. The molecule has 1 aliphatic rings. The van der Waals surface area contributed by atoms with Gasteiger partial charge in [-0.15, -0.1) is 0 Å². The number of hydrogen-bond donors (Lipinski definition) is 0. The Balaban J connectivity index is 2.38. The van der Waals surface area contributed by atoms with Crippen LogP contribution in [0, 0.1) is 0 Å². The first-order valence-electron chi connectivity index (χ1n) is 6.65. The Bertz CT molecular complexity index is 409. The van der Waals surface area contributed by atoms with Crippen molar-refractivity contribution in [2.45, 2.75) is 32.3 Å². The number of nitrogens with zero attached hydrogens (tertiary/aromatic N) is 2. The van der Waals surface area contributed by atoms with Gasteiger partial charge in [0.2, 0.25) is 11.8 Å². The predicted octanol–water partition coefficient (Wildman–Crippen LogP) is 0.575. The number of carbonyl (C=O) groups is 3. The van der Waals surface area contributed by atoms with Crippen LogP contribution in [0.3, 0.4) is 0 Å². The van der Waals surface area contributed by atoms with Crippen LogP contribution in [0.4, 0.5) is 0 Å². The van der Waals surface area contributed by atoms with E-state index in [4.69, 9.17) is 4.74 Å². The molecular formula is C14H22N2O4. The van der Waals surface area contributed by atoms with Gasteiger partial charge in [-0.05, 0) is 6.92 Å². The van der Waals surface area contributed by atoms with Crippen molar-refractivity contribution in [3.63, 3.8) is 0 Å². The molecule has 0 N–H and O–H groups in total. The van der Waals surface area contributed by atoms with Crippen molar-refractivity contribution in [1.82, 2.24) is 9.80 Å². The molecule has 0 radical (unpaired) electrons. The maximum absolute atomic E-state index is 11.9. The number of piperidine rings is 1. The molecule has 1 fully saturated rings. The van der Waals surface area contributed by atoms with Crippen molar-refractivity contribution in [1.29, 1.82) is 0 Å². The van der Waals surface area contributed by atoms with Crippen LogP contribution in [-0.2, 0) is 19.1 Å². The van der Waals surface area contributed by atoms with Crippen LogP contribution in [0.15, 0.2) is 12.2 Å². The van der Waals surface area contributed by atoms with Crippen LogP contribution in [0.5, 0.6) is 0 Å². The number of rotatable bonds is 4. The summed E-state index contributed by atoms with van der Waals surface area (Å²) in [5, 5.41) is 0. The normalized spacial score (nSPS) is 15.7. The third kappa shape index (κ3) is 4.68. The van der Waals surface area contributed by atoms with E-state index in [0.717, 1.165) is 0 Å². The fourth-order valence-corrected chi connectivity index (χ4v) is 1.87. The summed E-state index contributed by atoms with van der Waals surface area (Å²) in [6.45, 7) is 6.15. The second kappa shape index (κ2) is 7.07. The van der Waals surface area contributed by atoms with Gasteiger partial charge in [0.15, 0.2) is 0 Å². The molecule has 0 aromatic heterocycles. The Morgan fingerprint density at radius 1 is 1.25 bits per heavy atom. The van der Waals surface area contributed by atoms with Crippen molar-refractivity contribution in [3.8, 4) is 0 Å². The van der Waals surface area contributed by atoms with Gasteiger partial charge < -0.3 is 14.5 Å². The molecule has 20 heavy (non-hydrogen) atoms. The lowest BCUT2D eigenvalue weighted by atomic mass is 10.1. The minimum absolute atomic E-state index is 0.108. The van der Waals surface area contributed by atoms with Crippen LogP contribution in [0.25, 0.3) is 0 Å². The molecule has 0 spiro atoms. The van der Waals surface area contributed by atoms with Gasteiger partial charge in [0.05, 0.1) is 0 Å². The summed E-state index contributed by atoms with van der Waals surface area (Å²) in [4.78, 5) is 37.8. The Kier molecular flexibility index (Phi) is 5.73. The summed E-state index contributed by atoms with van der Waals surface area (Å²) in [6.07, 6.45) is 0.915. The van der Waals surface area contributed by atoms with Gasteiger partial charge in [0.1, 0.15) is 12.5 Å². The van der Waals surface area contributed by atoms with E-state index in [0.29, 0.717) is 31.5 Å². The average Bonchev–Trinajstić information content (AvgIpc) is 2.39. The highest BCUT2D eigenvalue weighted by Crippen LogP contribution is 2.16. The van der Waals surface area contributed by atoms with Crippen LogP contribution < -0.4 is 0 Å². The van der Waals surface area contributed by atoms with Gasteiger partial charge in [0, 0.05) is 45.6 Å². The largest absolute Gasteiger partial charge is 0.459 e. The molecule has 6 nitrogen and oxygen atoms in total. The Morgan fingerprint density at radius 3 is 2.25 bits per heavy atom. The lowest BCUT2D eigenvalue weighted by molar-refractivity contribution is -0.148. The van der Waals surface area contributed by atoms with Crippen LogP contribution in [0.1, 0.15) is 26.2 Å². The number of ether oxygens (including phenoxy) is 1. The van der Waals surface area contributed by atoms with E-state index in [1.54, 1.807) is 25.9 Å². The van der Waals surface area contributed by atoms with Gasteiger partial charge in [-0.3, -0.25) is 9.59 Å². The van der Waals surface area contributed by atoms with E-state index >= 15 is 0 Å². The lowest BCUT2D eigenvalue weighted by Crippen LogP contribution is -2.43. The first-order valence-corrected chi connectivity index (χ1v) is 6.65. The van der Waals surface area contributed by atoms with Crippen LogP contribution >= 0.6 is 0 Å². The highest BCUT2D eigenvalue weighted by atomic mass is 16.5. The smallest absolute Gasteiger partial charge is 0.333 e. The molecule has 112 valence electrons. The Hall–Kier alpha value is -1.85. The van der Waals surface area contributed by atoms with Crippen molar-refractivity contribution < 1.29 is 19.1 Å². The zero-order valence-electron chi connectivity index (χ0n) is 12.3. The number of carbonyl (C=O) groups excluding carboxylic acids is 3. The van der Waals surface area contributed by atoms with Gasteiger partial charge in [-0.1, -0.05) is 6.58 Å². The first kappa shape index (κ1) is 16.2. The fraction of sp³-hybridized carbons (Fsp3) is 0.643. The second-order valence-electron chi connectivity index (χ2n) is 5.23. The van der Waals surface area contributed by atoms with E-state index in [9.17, 15) is 14.4 Å². The summed E-state index contributed by atoms with van der Waals surface area (Å²) < 4.78 is 5.25. The van der Waals surface area contributed by atoms with Crippen molar-refractivity contribution in [2.24, 2.45) is 0 Å². The van der Waals surface area contributed by atoms with Crippen molar-refractivity contribution >= 4 is 17.8 Å². The van der Waals surface area contributed by atoms with Gasteiger partial charge >= 0.3 is 5.97 Å². The summed E-state index contributed by atoms with van der Waals surface area (Å²) in [7, 11) is 3.25. The zero-order valence-corrected chi connectivity index (χ0v) is 12.3. The number of amides is 2. The SMILES string of the molecule is C=C(C)C(=O)OC1CCN(C(=O)CC(=O)N(C)C)CC1. The molecule has 6 heteroatoms. The maximum Gasteiger partial charge on any atom is 0.333 e. The predicted molar refractivity (Wildman–Crippen MR) is 73.8 cm³/mol. The topological polar surface area (TPSA) is 66.9 Å². The zero-order chi connectivity index (χ0) is 15.3. The molecule has 0 bridgehead atoms. The Labute approximate surface area is 119 Å². The molecule has 0 aromatic rings. The van der Waals surface area contributed by atoms with Gasteiger partial charge in [-0.2, -0.15) is 0 Å². The summed E-state index contributed by atoms with van der Waals surface area (Å²) in [5.74, 6) is -0.767. The third-order valence-electron chi connectivity index (χ3n) is 3.22. The molecule has 1 rings (SSSR count). The van der Waals surface area contributed by atoms with Gasteiger partial charge in [0.25, 0.3) is 0 Å². The second-order valence-corrected chi connectivity index (χ2v) is 5.23. The molecule has 0 unspecified atom stereocenters. The quantitative estimate of drug-likeness (QED) is 0.429. The molecule has 1 aliphatic heterocycles. The molecule has 1 saturated heterocycles. The summed E-state index contributed by atoms with van der Waals surface area (Å²) in [6, 6.07) is 0. The van der Waals surface area contributed by atoms with E-state index in [2.05, 4.69) is 6.58 Å². The fourth-order valence-electron chi connectivity index (χ4n) is 1.87. The first-order chi connectivity index (χ1) is 9.31. The highest BCUT2D eigenvalue weighted by Gasteiger charge is 2.26. The molecule has 2 amide bonds. The van der Waals surface area contributed by atoms with Gasteiger partial charge in [-0.25, -0.2) is 4.79 Å². The van der Waals surface area contributed by atoms with E-state index in [-0.39, 0.29) is 24.3 Å². The van der Waals surface area contributed by atoms with Crippen LogP contribution in [0.2, 0.25) is 0 Å². The van der Waals surface area contributed by atoms with Crippen LogP contribution in [-0.4, -0.2) is 60.9 Å². The lowest BCUT2D eigenvalue weighted by Gasteiger charge is -2.31. The number of hydrogen-bond acceptors (Lipinski definition) is 4. The van der Waals surface area contributed by atoms with Crippen molar-refractivity contribution in [3.05, 3.63) is 12.2 Å². The van der Waals surface area contributed by atoms with E-state index < -0.39 is 5.97 Å². The Morgan fingerprint density at radius 2 is 1.80 bits per heavy atom. The third-order valence-corrected chi connectivity index (χ3v) is 3.22. The molecule has 0 saturated carbocycles. The minimum atomic E-state index is -0.391. The number of likely N-dealkylation sites (tertiary alicyclic amines) is 1. The molecule has 0 atom stereocenters. The maximum atomic E-state index is 11.9. The molecule has 0 aliphatic carbocycles. The monoisotopic (exact) mass is 282 g/mol. The summed E-state index contributed by atoms with van der Waals surface area (Å²) >= 11 is 0. The van der Waals surface area contributed by atoms with E-state index in [1.807, 2.05) is 0 Å². The minimum Gasteiger partial charge on any atom is -0.459 e. The molecule has 0 aromatic carbocycles. The number of esters is 1. The molecular weight excluding hydrogens is 260 g/mol. The highest BCUT2D eigenvalue weighted by molar-refractivity contribution is 5.96. The van der Waals surface area contributed by atoms with E-state index in [1.165, 1.54) is 4.90 Å².